The lowest BCUT2D eigenvalue weighted by Gasteiger charge is -2.22. The van der Waals surface area contributed by atoms with E-state index < -0.39 is 0 Å². The molecule has 0 unspecified atom stereocenters. The summed E-state index contributed by atoms with van der Waals surface area (Å²) in [6.45, 7) is 2.99. The molecule has 1 N–H and O–H groups in total. The number of H-pyrrole nitrogens is 1. The monoisotopic (exact) mass is 363 g/mol. The number of amides is 1. The van der Waals surface area contributed by atoms with Gasteiger partial charge < -0.3 is 9.88 Å². The van der Waals surface area contributed by atoms with Gasteiger partial charge in [-0.2, -0.15) is 0 Å². The van der Waals surface area contributed by atoms with Crippen LogP contribution in [-0.2, 0) is 17.8 Å². The normalized spacial score (nSPS) is 10.9. The zero-order valence-electron chi connectivity index (χ0n) is 15.6. The highest BCUT2D eigenvalue weighted by molar-refractivity contribution is 5.78. The largest absolute Gasteiger partial charge is 0.335 e. The number of fused-ring (bicyclic) bond motifs is 1. The van der Waals surface area contributed by atoms with Crippen LogP contribution in [0.4, 0.5) is 0 Å². The van der Waals surface area contributed by atoms with Gasteiger partial charge in [-0.05, 0) is 30.5 Å². The topological polar surface area (TPSA) is 66.1 Å². The number of unbranched alkanes of at least 4 members (excludes halogenated alkanes) is 1. The van der Waals surface area contributed by atoms with Gasteiger partial charge in [-0.15, -0.1) is 0 Å². The predicted molar refractivity (Wildman–Crippen MR) is 107 cm³/mol. The Morgan fingerprint density at radius 1 is 1.07 bits per heavy atom. The summed E-state index contributed by atoms with van der Waals surface area (Å²) in [5, 5.41) is 0.564. The molecule has 0 saturated heterocycles. The molecule has 0 radical (unpaired) electrons. The Morgan fingerprint density at radius 3 is 2.59 bits per heavy atom. The lowest BCUT2D eigenvalue weighted by molar-refractivity contribution is -0.132. The Hall–Kier alpha value is -2.95. The molecule has 0 aliphatic heterocycles. The molecule has 2 aromatic carbocycles. The molecule has 0 bridgehead atoms. The van der Waals surface area contributed by atoms with Crippen LogP contribution in [-0.4, -0.2) is 27.3 Å². The summed E-state index contributed by atoms with van der Waals surface area (Å²) in [4.78, 5) is 34.2. The second-order valence-corrected chi connectivity index (χ2v) is 6.68. The van der Waals surface area contributed by atoms with E-state index in [1.54, 1.807) is 11.0 Å². The average Bonchev–Trinajstić information content (AvgIpc) is 2.70. The van der Waals surface area contributed by atoms with E-state index >= 15 is 0 Å². The van der Waals surface area contributed by atoms with Crippen LogP contribution in [0.1, 0.15) is 37.6 Å². The first-order chi connectivity index (χ1) is 13.2. The second-order valence-electron chi connectivity index (χ2n) is 6.68. The maximum Gasteiger partial charge on any atom is 0.258 e. The number of nitrogens with one attached hydrogen (secondary N) is 1. The van der Waals surface area contributed by atoms with Crippen LogP contribution in [0.2, 0.25) is 0 Å². The van der Waals surface area contributed by atoms with Crippen molar-refractivity contribution in [2.45, 2.75) is 39.2 Å². The molecule has 0 saturated carbocycles. The van der Waals surface area contributed by atoms with E-state index in [-0.39, 0.29) is 11.5 Å². The summed E-state index contributed by atoms with van der Waals surface area (Å²) >= 11 is 0. The predicted octanol–water partition coefficient (Wildman–Crippen LogP) is 3.68. The second kappa shape index (κ2) is 9.12. The van der Waals surface area contributed by atoms with Gasteiger partial charge in [0.05, 0.1) is 17.4 Å². The number of aromatic nitrogens is 2. The number of hydrogen-bond acceptors (Lipinski definition) is 3. The molecule has 0 fully saturated rings. The van der Waals surface area contributed by atoms with Crippen molar-refractivity contribution in [2.24, 2.45) is 0 Å². The van der Waals surface area contributed by atoms with Crippen molar-refractivity contribution in [3.8, 4) is 0 Å². The van der Waals surface area contributed by atoms with Crippen molar-refractivity contribution < 1.29 is 4.79 Å². The molecular weight excluding hydrogens is 338 g/mol. The van der Waals surface area contributed by atoms with Gasteiger partial charge in [-0.3, -0.25) is 9.59 Å². The zero-order chi connectivity index (χ0) is 19.1. The average molecular weight is 363 g/mol. The van der Waals surface area contributed by atoms with Crippen LogP contribution in [0.25, 0.3) is 10.9 Å². The van der Waals surface area contributed by atoms with E-state index in [9.17, 15) is 9.59 Å². The Kier molecular flexibility index (Phi) is 6.36. The smallest absolute Gasteiger partial charge is 0.258 e. The van der Waals surface area contributed by atoms with Crippen molar-refractivity contribution in [2.75, 3.05) is 6.54 Å². The first kappa shape index (κ1) is 18.8. The number of para-hydroxylation sites is 1. The minimum Gasteiger partial charge on any atom is -0.335 e. The van der Waals surface area contributed by atoms with Gasteiger partial charge in [0, 0.05) is 13.0 Å². The van der Waals surface area contributed by atoms with E-state index in [0.29, 0.717) is 36.2 Å². The molecule has 0 atom stereocenters. The van der Waals surface area contributed by atoms with Crippen LogP contribution in [0.5, 0.6) is 0 Å². The summed E-state index contributed by atoms with van der Waals surface area (Å²) in [7, 11) is 0. The standard InChI is InChI=1S/C22H25N3O2/c1-2-3-13-21(26)25(15-14-17-9-5-4-6-10-17)16-20-23-19-12-8-7-11-18(19)22(27)24-20/h4-12H,2-3,13-16H2,1H3,(H,23,24,27). The third-order valence-corrected chi connectivity index (χ3v) is 4.61. The van der Waals surface area contributed by atoms with Gasteiger partial charge >= 0.3 is 0 Å². The van der Waals surface area contributed by atoms with Crippen molar-refractivity contribution in [3.05, 3.63) is 76.3 Å². The van der Waals surface area contributed by atoms with Gasteiger partial charge in [0.25, 0.3) is 5.56 Å². The third kappa shape index (κ3) is 5.03. The zero-order valence-corrected chi connectivity index (χ0v) is 15.6. The molecule has 5 heteroatoms. The number of nitrogens with zero attached hydrogens (tertiary/aromatic N) is 2. The maximum atomic E-state index is 12.7. The van der Waals surface area contributed by atoms with Crippen LogP contribution >= 0.6 is 0 Å². The van der Waals surface area contributed by atoms with E-state index in [2.05, 4.69) is 29.0 Å². The fourth-order valence-corrected chi connectivity index (χ4v) is 3.08. The van der Waals surface area contributed by atoms with E-state index in [4.69, 9.17) is 0 Å². The Balaban J connectivity index is 1.79. The Bertz CT molecular complexity index is 950. The molecule has 3 aromatic rings. The van der Waals surface area contributed by atoms with Gasteiger partial charge in [0.15, 0.2) is 0 Å². The minimum atomic E-state index is -0.167. The van der Waals surface area contributed by atoms with Crippen LogP contribution < -0.4 is 5.56 Å². The van der Waals surface area contributed by atoms with E-state index in [1.165, 1.54) is 5.56 Å². The van der Waals surface area contributed by atoms with Crippen LogP contribution in [0.3, 0.4) is 0 Å². The summed E-state index contributed by atoms with van der Waals surface area (Å²) in [6, 6.07) is 17.4. The summed E-state index contributed by atoms with van der Waals surface area (Å²) in [6.07, 6.45) is 3.13. The first-order valence-corrected chi connectivity index (χ1v) is 9.47. The molecule has 1 amide bonds. The summed E-state index contributed by atoms with van der Waals surface area (Å²) in [5.74, 6) is 0.625. The molecule has 3 rings (SSSR count). The Morgan fingerprint density at radius 2 is 1.81 bits per heavy atom. The quantitative estimate of drug-likeness (QED) is 0.664. The summed E-state index contributed by atoms with van der Waals surface area (Å²) in [5.41, 5.74) is 1.67. The molecule has 5 nitrogen and oxygen atoms in total. The molecule has 27 heavy (non-hydrogen) atoms. The number of carbonyl (C=O) groups is 1. The Labute approximate surface area is 159 Å². The molecule has 140 valence electrons. The first-order valence-electron chi connectivity index (χ1n) is 9.47. The van der Waals surface area contributed by atoms with Crippen molar-refractivity contribution in [3.63, 3.8) is 0 Å². The highest BCUT2D eigenvalue weighted by Gasteiger charge is 2.15. The minimum absolute atomic E-state index is 0.101. The van der Waals surface area contributed by atoms with Crippen LogP contribution in [0, 0.1) is 0 Å². The van der Waals surface area contributed by atoms with E-state index in [1.807, 2.05) is 36.4 Å². The number of rotatable bonds is 8. The number of benzene rings is 2. The molecular formula is C22H25N3O2. The highest BCUT2D eigenvalue weighted by atomic mass is 16.2. The van der Waals surface area contributed by atoms with Crippen molar-refractivity contribution in [1.29, 1.82) is 0 Å². The number of carbonyl (C=O) groups excluding carboxylic acids is 1. The SMILES string of the molecule is CCCCC(=O)N(CCc1ccccc1)Cc1nc2ccccc2c(=O)[nH]1. The molecule has 0 aliphatic rings. The van der Waals surface area contributed by atoms with Gasteiger partial charge in [-0.1, -0.05) is 55.8 Å². The third-order valence-electron chi connectivity index (χ3n) is 4.61. The van der Waals surface area contributed by atoms with Crippen LogP contribution in [0.15, 0.2) is 59.4 Å². The van der Waals surface area contributed by atoms with Crippen molar-refractivity contribution in [1.82, 2.24) is 14.9 Å². The number of hydrogen-bond donors (Lipinski definition) is 1. The molecule has 1 heterocycles. The lowest BCUT2D eigenvalue weighted by atomic mass is 10.1. The fraction of sp³-hybridized carbons (Fsp3) is 0.318. The van der Waals surface area contributed by atoms with Gasteiger partial charge in [0.1, 0.15) is 5.82 Å². The van der Waals surface area contributed by atoms with Gasteiger partial charge in [0.2, 0.25) is 5.91 Å². The summed E-state index contributed by atoms with van der Waals surface area (Å²) < 4.78 is 0. The maximum absolute atomic E-state index is 12.7. The van der Waals surface area contributed by atoms with Gasteiger partial charge in [-0.25, -0.2) is 4.98 Å². The lowest BCUT2D eigenvalue weighted by Crippen LogP contribution is -2.33. The molecule has 0 spiro atoms. The fourth-order valence-electron chi connectivity index (χ4n) is 3.08. The number of aromatic amines is 1. The van der Waals surface area contributed by atoms with E-state index in [0.717, 1.165) is 19.3 Å². The molecule has 1 aromatic heterocycles. The molecule has 0 aliphatic carbocycles. The highest BCUT2D eigenvalue weighted by Crippen LogP contribution is 2.10. The van der Waals surface area contributed by atoms with Crippen molar-refractivity contribution >= 4 is 16.8 Å².